The second-order valence-corrected chi connectivity index (χ2v) is 8.07. The number of carbonyl (C=O) groups excluding carboxylic acids is 1. The Balaban J connectivity index is 1.63. The summed E-state index contributed by atoms with van der Waals surface area (Å²) < 4.78 is 2.13. The van der Waals surface area contributed by atoms with Crippen molar-refractivity contribution in [1.82, 2.24) is 19.6 Å². The molecule has 1 atom stereocenters. The molecule has 4 rings (SSSR count). The Morgan fingerprint density at radius 3 is 2.50 bits per heavy atom. The van der Waals surface area contributed by atoms with E-state index in [-0.39, 0.29) is 5.91 Å². The van der Waals surface area contributed by atoms with Crippen LogP contribution in [0.25, 0.3) is 11.3 Å². The van der Waals surface area contributed by atoms with Gasteiger partial charge >= 0.3 is 0 Å². The van der Waals surface area contributed by atoms with Crippen LogP contribution >= 0.6 is 0 Å². The van der Waals surface area contributed by atoms with Gasteiger partial charge in [-0.1, -0.05) is 57.0 Å². The summed E-state index contributed by atoms with van der Waals surface area (Å²) in [6, 6.07) is 11.2. The van der Waals surface area contributed by atoms with Crippen LogP contribution < -0.4 is 0 Å². The smallest absolute Gasteiger partial charge is 0.257 e. The molecule has 1 amide bonds. The van der Waals surface area contributed by atoms with Crippen molar-refractivity contribution >= 4 is 5.91 Å². The van der Waals surface area contributed by atoms with Gasteiger partial charge in [0, 0.05) is 24.7 Å². The Morgan fingerprint density at radius 2 is 1.82 bits per heavy atom. The third kappa shape index (κ3) is 3.60. The molecule has 2 fully saturated rings. The minimum Gasteiger partial charge on any atom is -0.337 e. The van der Waals surface area contributed by atoms with Crippen LogP contribution in [-0.4, -0.2) is 57.7 Å². The molecule has 1 aliphatic carbocycles. The van der Waals surface area contributed by atoms with Crippen LogP contribution in [0.2, 0.25) is 0 Å². The Kier molecular flexibility index (Phi) is 5.81. The van der Waals surface area contributed by atoms with E-state index in [0.29, 0.717) is 12.1 Å². The maximum Gasteiger partial charge on any atom is 0.257 e. The number of carbonyl (C=O) groups is 1. The van der Waals surface area contributed by atoms with Gasteiger partial charge in [-0.25, -0.2) is 0 Å². The normalized spacial score (nSPS) is 20.4. The maximum atomic E-state index is 13.5. The molecule has 5 nitrogen and oxygen atoms in total. The molecule has 1 unspecified atom stereocenters. The molecular formula is C23H32N4O. The molecule has 2 aromatic rings. The first-order valence-electron chi connectivity index (χ1n) is 10.9. The standard InChI is InChI=1S/C23H32N4O/c1-3-25(4-2)20-14-15-26(17-20)23(28)21-16-24-27(19-12-8-9-13-19)22(21)18-10-6-5-7-11-18/h5-7,10-11,16,19-20H,3-4,8-9,12-15,17H2,1-2H3. The fourth-order valence-electron chi connectivity index (χ4n) is 4.96. The van der Waals surface area contributed by atoms with Crippen molar-refractivity contribution < 1.29 is 4.79 Å². The van der Waals surface area contributed by atoms with Crippen LogP contribution in [0.1, 0.15) is 62.4 Å². The summed E-state index contributed by atoms with van der Waals surface area (Å²) in [5, 5.41) is 4.71. The SMILES string of the molecule is CCN(CC)C1CCN(C(=O)c2cnn(C3CCCC3)c2-c2ccccc2)C1. The van der Waals surface area contributed by atoms with Crippen LogP contribution in [0, 0.1) is 0 Å². The minimum absolute atomic E-state index is 0.137. The monoisotopic (exact) mass is 380 g/mol. The molecule has 2 heterocycles. The summed E-state index contributed by atoms with van der Waals surface area (Å²) in [7, 11) is 0. The van der Waals surface area contributed by atoms with Gasteiger partial charge in [0.1, 0.15) is 0 Å². The lowest BCUT2D eigenvalue weighted by Gasteiger charge is -2.26. The molecular weight excluding hydrogens is 348 g/mol. The molecule has 0 radical (unpaired) electrons. The lowest BCUT2D eigenvalue weighted by molar-refractivity contribution is 0.0778. The summed E-state index contributed by atoms with van der Waals surface area (Å²) in [5.74, 6) is 0.137. The molecule has 1 aromatic heterocycles. The minimum atomic E-state index is 0.137. The molecule has 0 N–H and O–H groups in total. The molecule has 28 heavy (non-hydrogen) atoms. The topological polar surface area (TPSA) is 41.4 Å². The molecule has 1 saturated carbocycles. The molecule has 0 spiro atoms. The Labute approximate surface area is 168 Å². The number of likely N-dealkylation sites (N-methyl/N-ethyl adjacent to an activating group) is 1. The summed E-state index contributed by atoms with van der Waals surface area (Å²) in [5.41, 5.74) is 2.86. The zero-order valence-electron chi connectivity index (χ0n) is 17.2. The Morgan fingerprint density at radius 1 is 1.11 bits per heavy atom. The molecule has 150 valence electrons. The number of hydrogen-bond acceptors (Lipinski definition) is 3. The van der Waals surface area contributed by atoms with Crippen molar-refractivity contribution in [2.24, 2.45) is 0 Å². The van der Waals surface area contributed by atoms with Crippen molar-refractivity contribution in [3.8, 4) is 11.3 Å². The number of aromatic nitrogens is 2. The van der Waals surface area contributed by atoms with Crippen molar-refractivity contribution in [2.75, 3.05) is 26.2 Å². The van der Waals surface area contributed by atoms with E-state index in [2.05, 4.69) is 35.6 Å². The molecule has 2 aliphatic rings. The fraction of sp³-hybridized carbons (Fsp3) is 0.565. The van der Waals surface area contributed by atoms with Gasteiger partial charge in [0.25, 0.3) is 5.91 Å². The highest BCUT2D eigenvalue weighted by molar-refractivity contribution is 6.00. The fourth-order valence-corrected chi connectivity index (χ4v) is 4.96. The zero-order valence-corrected chi connectivity index (χ0v) is 17.2. The van der Waals surface area contributed by atoms with E-state index in [0.717, 1.165) is 62.3 Å². The van der Waals surface area contributed by atoms with Crippen LogP contribution in [0.3, 0.4) is 0 Å². The van der Waals surface area contributed by atoms with E-state index in [1.54, 1.807) is 0 Å². The summed E-state index contributed by atoms with van der Waals surface area (Å²) in [6.07, 6.45) is 7.68. The van der Waals surface area contributed by atoms with Crippen LogP contribution in [0.5, 0.6) is 0 Å². The maximum absolute atomic E-state index is 13.5. The largest absolute Gasteiger partial charge is 0.337 e. The molecule has 1 aliphatic heterocycles. The predicted octanol–water partition coefficient (Wildman–Crippen LogP) is 4.22. The average molecular weight is 381 g/mol. The number of rotatable bonds is 6. The van der Waals surface area contributed by atoms with Crippen molar-refractivity contribution in [1.29, 1.82) is 0 Å². The number of amides is 1. The van der Waals surface area contributed by atoms with Crippen LogP contribution in [-0.2, 0) is 0 Å². The molecule has 1 aromatic carbocycles. The van der Waals surface area contributed by atoms with Gasteiger partial charge in [0.15, 0.2) is 0 Å². The highest BCUT2D eigenvalue weighted by Gasteiger charge is 2.33. The second-order valence-electron chi connectivity index (χ2n) is 8.07. The van der Waals surface area contributed by atoms with Gasteiger partial charge in [-0.05, 0) is 32.4 Å². The van der Waals surface area contributed by atoms with Gasteiger partial charge in [0.05, 0.1) is 23.5 Å². The van der Waals surface area contributed by atoms with E-state index >= 15 is 0 Å². The molecule has 0 bridgehead atoms. The Hall–Kier alpha value is -2.14. The number of nitrogens with zero attached hydrogens (tertiary/aromatic N) is 4. The van der Waals surface area contributed by atoms with E-state index in [1.807, 2.05) is 29.3 Å². The Bertz CT molecular complexity index is 790. The first kappa shape index (κ1) is 19.2. The summed E-state index contributed by atoms with van der Waals surface area (Å²) in [6.45, 7) is 8.14. The molecule has 1 saturated heterocycles. The summed E-state index contributed by atoms with van der Waals surface area (Å²) >= 11 is 0. The highest BCUT2D eigenvalue weighted by atomic mass is 16.2. The first-order chi connectivity index (χ1) is 13.7. The predicted molar refractivity (Wildman–Crippen MR) is 112 cm³/mol. The lowest BCUT2D eigenvalue weighted by Crippen LogP contribution is -2.38. The lowest BCUT2D eigenvalue weighted by atomic mass is 10.1. The van der Waals surface area contributed by atoms with Gasteiger partial charge in [-0.15, -0.1) is 0 Å². The van der Waals surface area contributed by atoms with Crippen LogP contribution in [0.4, 0.5) is 0 Å². The third-order valence-corrected chi connectivity index (χ3v) is 6.52. The van der Waals surface area contributed by atoms with E-state index < -0.39 is 0 Å². The number of likely N-dealkylation sites (tertiary alicyclic amines) is 1. The molecule has 5 heteroatoms. The van der Waals surface area contributed by atoms with Gasteiger partial charge in [-0.3, -0.25) is 14.4 Å². The first-order valence-corrected chi connectivity index (χ1v) is 10.9. The number of benzene rings is 1. The average Bonchev–Trinajstić information content (AvgIpc) is 3.48. The van der Waals surface area contributed by atoms with Crippen molar-refractivity contribution in [3.63, 3.8) is 0 Å². The van der Waals surface area contributed by atoms with Crippen LogP contribution in [0.15, 0.2) is 36.5 Å². The number of hydrogen-bond donors (Lipinski definition) is 0. The van der Waals surface area contributed by atoms with E-state index in [4.69, 9.17) is 5.10 Å². The van der Waals surface area contributed by atoms with Crippen molar-refractivity contribution in [3.05, 3.63) is 42.1 Å². The van der Waals surface area contributed by atoms with E-state index in [9.17, 15) is 4.79 Å². The van der Waals surface area contributed by atoms with Gasteiger partial charge in [-0.2, -0.15) is 5.10 Å². The third-order valence-electron chi connectivity index (χ3n) is 6.52. The van der Waals surface area contributed by atoms with Crippen molar-refractivity contribution in [2.45, 2.75) is 58.0 Å². The quantitative estimate of drug-likeness (QED) is 0.753. The second kappa shape index (κ2) is 8.48. The van der Waals surface area contributed by atoms with E-state index in [1.165, 1.54) is 12.8 Å². The summed E-state index contributed by atoms with van der Waals surface area (Å²) in [4.78, 5) is 18.0. The van der Waals surface area contributed by atoms with Gasteiger partial charge < -0.3 is 4.90 Å². The van der Waals surface area contributed by atoms with Gasteiger partial charge in [0.2, 0.25) is 0 Å². The zero-order chi connectivity index (χ0) is 19.5. The highest BCUT2D eigenvalue weighted by Crippen LogP contribution is 2.35.